The number of nitrogens with zero attached hydrogens (tertiary/aromatic N) is 3. The minimum Gasteiger partial charge on any atom is -0.382 e. The minimum atomic E-state index is -0.392. The van der Waals surface area contributed by atoms with Crippen LogP contribution < -0.4 is 11.3 Å². The highest BCUT2D eigenvalue weighted by molar-refractivity contribution is 5.80. The van der Waals surface area contributed by atoms with Crippen LogP contribution in [-0.2, 0) is 0 Å². The van der Waals surface area contributed by atoms with Crippen molar-refractivity contribution < 1.29 is 4.52 Å². The highest BCUT2D eigenvalue weighted by Gasteiger charge is 2.12. The van der Waals surface area contributed by atoms with E-state index in [1.165, 1.54) is 4.57 Å². The first-order valence-corrected chi connectivity index (χ1v) is 5.37. The van der Waals surface area contributed by atoms with Gasteiger partial charge in [0.1, 0.15) is 5.76 Å². The largest absolute Gasteiger partial charge is 0.382 e. The van der Waals surface area contributed by atoms with E-state index < -0.39 is 5.56 Å². The molecule has 0 bridgehead atoms. The number of fused-ring (bicyclic) bond motifs is 1. The van der Waals surface area contributed by atoms with E-state index in [1.807, 2.05) is 0 Å². The smallest absolute Gasteiger partial charge is 0.282 e. The first kappa shape index (κ1) is 10.5. The molecule has 0 amide bonds. The molecule has 3 rings (SSSR count). The van der Waals surface area contributed by atoms with Crippen molar-refractivity contribution in [1.29, 1.82) is 0 Å². The maximum Gasteiger partial charge on any atom is 0.282 e. The second-order valence-corrected chi connectivity index (χ2v) is 3.92. The van der Waals surface area contributed by atoms with E-state index in [0.29, 0.717) is 17.1 Å². The monoisotopic (exact) mass is 242 g/mol. The fourth-order valence-electron chi connectivity index (χ4n) is 1.77. The standard InChI is InChI=1S/C12H10N4O2/c1-7-5-10-15-12(17)9(11(13)16(10)18-7)6-8-3-2-4-14-8/h2-6H,13H2,1H3. The number of hydrogen-bond donors (Lipinski definition) is 1. The summed E-state index contributed by atoms with van der Waals surface area (Å²) in [6.45, 7) is 1.76. The fourth-order valence-corrected chi connectivity index (χ4v) is 1.77. The normalized spacial score (nSPS) is 16.2. The molecule has 0 spiro atoms. The lowest BCUT2D eigenvalue weighted by atomic mass is 10.2. The number of aliphatic imine (C=N–C) groups is 1. The van der Waals surface area contributed by atoms with E-state index in [1.54, 1.807) is 37.4 Å². The molecule has 2 aromatic heterocycles. The molecule has 0 fully saturated rings. The number of anilines is 1. The lowest BCUT2D eigenvalue weighted by Gasteiger charge is -2.01. The van der Waals surface area contributed by atoms with Crippen molar-refractivity contribution in [1.82, 2.24) is 9.56 Å². The number of rotatable bonds is 1. The highest BCUT2D eigenvalue weighted by Crippen LogP contribution is 2.17. The highest BCUT2D eigenvalue weighted by atomic mass is 16.5. The summed E-state index contributed by atoms with van der Waals surface area (Å²) in [5.41, 5.74) is 6.87. The average Bonchev–Trinajstić information content (AvgIpc) is 2.93. The number of hydrogen-bond acceptors (Lipinski definition) is 5. The molecule has 0 unspecified atom stereocenters. The van der Waals surface area contributed by atoms with Gasteiger partial charge in [-0.1, -0.05) is 0 Å². The molecule has 1 aliphatic heterocycles. The molecule has 0 saturated heterocycles. The molecular formula is C12H10N4O2. The van der Waals surface area contributed by atoms with Crippen LogP contribution in [0, 0.1) is 6.92 Å². The molecule has 0 saturated carbocycles. The molecule has 6 nitrogen and oxygen atoms in total. The molecule has 18 heavy (non-hydrogen) atoms. The van der Waals surface area contributed by atoms with Gasteiger partial charge in [0.2, 0.25) is 0 Å². The quantitative estimate of drug-likeness (QED) is 0.813. The second kappa shape index (κ2) is 3.69. The van der Waals surface area contributed by atoms with Crippen LogP contribution in [0.5, 0.6) is 0 Å². The number of allylic oxidation sites excluding steroid dienone is 2. The summed E-state index contributed by atoms with van der Waals surface area (Å²) in [6, 6.07) is 1.66. The minimum absolute atomic E-state index is 0.223. The Hall–Kier alpha value is -2.63. The Morgan fingerprint density at radius 3 is 3.06 bits per heavy atom. The van der Waals surface area contributed by atoms with E-state index in [0.717, 1.165) is 0 Å². The Labute approximate surface area is 102 Å². The Morgan fingerprint density at radius 2 is 2.33 bits per heavy atom. The maximum absolute atomic E-state index is 11.9. The lowest BCUT2D eigenvalue weighted by molar-refractivity contribution is 0.358. The summed E-state index contributed by atoms with van der Waals surface area (Å²) >= 11 is 0. The van der Waals surface area contributed by atoms with Crippen LogP contribution in [0.25, 0.3) is 11.7 Å². The third-order valence-corrected chi connectivity index (χ3v) is 2.59. The topological polar surface area (TPSA) is 85.9 Å². The van der Waals surface area contributed by atoms with E-state index in [4.69, 9.17) is 10.3 Å². The summed E-state index contributed by atoms with van der Waals surface area (Å²) in [6.07, 6.45) is 6.79. The van der Waals surface area contributed by atoms with Gasteiger partial charge < -0.3 is 10.3 Å². The fraction of sp³-hybridized carbons (Fsp3) is 0.0833. The average molecular weight is 242 g/mol. The van der Waals surface area contributed by atoms with Crippen LogP contribution in [0.2, 0.25) is 0 Å². The molecular weight excluding hydrogens is 232 g/mol. The van der Waals surface area contributed by atoms with Gasteiger partial charge in [0.25, 0.3) is 5.56 Å². The molecule has 90 valence electrons. The van der Waals surface area contributed by atoms with Gasteiger partial charge in [-0.05, 0) is 25.2 Å². The van der Waals surface area contributed by atoms with E-state index in [9.17, 15) is 4.79 Å². The number of aromatic nitrogens is 2. The molecule has 0 atom stereocenters. The van der Waals surface area contributed by atoms with Gasteiger partial charge in [-0.25, -0.2) is 0 Å². The molecule has 2 N–H and O–H groups in total. The Balaban J connectivity index is 2.29. The summed E-state index contributed by atoms with van der Waals surface area (Å²) in [5.74, 6) is 0.860. The number of nitrogen functional groups attached to an aromatic ring is 1. The van der Waals surface area contributed by atoms with Crippen LogP contribution >= 0.6 is 0 Å². The maximum atomic E-state index is 11.9. The van der Waals surface area contributed by atoms with Crippen LogP contribution in [-0.4, -0.2) is 15.8 Å². The summed E-state index contributed by atoms with van der Waals surface area (Å²) in [7, 11) is 0. The van der Waals surface area contributed by atoms with Crippen molar-refractivity contribution in [2.24, 2.45) is 4.99 Å². The zero-order valence-electron chi connectivity index (χ0n) is 9.62. The summed E-state index contributed by atoms with van der Waals surface area (Å²) in [5, 5.41) is 0. The first-order valence-electron chi connectivity index (χ1n) is 5.37. The van der Waals surface area contributed by atoms with Gasteiger partial charge in [0, 0.05) is 12.3 Å². The van der Waals surface area contributed by atoms with Gasteiger partial charge in [-0.15, -0.1) is 4.57 Å². The summed E-state index contributed by atoms with van der Waals surface area (Å²) in [4.78, 5) is 19.9. The zero-order valence-corrected chi connectivity index (χ0v) is 9.62. The molecule has 3 heterocycles. The van der Waals surface area contributed by atoms with Crippen molar-refractivity contribution >= 4 is 23.8 Å². The third kappa shape index (κ3) is 1.55. The van der Waals surface area contributed by atoms with Crippen molar-refractivity contribution in [2.75, 3.05) is 5.73 Å². The molecule has 1 aliphatic rings. The Morgan fingerprint density at radius 1 is 1.50 bits per heavy atom. The van der Waals surface area contributed by atoms with Gasteiger partial charge in [0.05, 0.1) is 11.3 Å². The SMILES string of the molecule is Cc1cc2nc(=O)c(C=C3C=CC=N3)c(N)n2o1. The molecule has 0 aromatic carbocycles. The second-order valence-electron chi connectivity index (χ2n) is 3.92. The van der Waals surface area contributed by atoms with Crippen molar-refractivity contribution in [3.63, 3.8) is 0 Å². The van der Waals surface area contributed by atoms with Crippen molar-refractivity contribution in [3.05, 3.63) is 45.6 Å². The van der Waals surface area contributed by atoms with Crippen LogP contribution in [0.3, 0.4) is 0 Å². The van der Waals surface area contributed by atoms with E-state index in [2.05, 4.69) is 9.98 Å². The van der Waals surface area contributed by atoms with Crippen LogP contribution in [0.15, 0.2) is 38.2 Å². The molecule has 0 radical (unpaired) electrons. The summed E-state index contributed by atoms with van der Waals surface area (Å²) < 4.78 is 6.70. The van der Waals surface area contributed by atoms with Crippen molar-refractivity contribution in [3.8, 4) is 0 Å². The molecule has 0 aliphatic carbocycles. The van der Waals surface area contributed by atoms with Gasteiger partial charge in [-0.3, -0.25) is 9.79 Å². The predicted molar refractivity (Wildman–Crippen MR) is 68.5 cm³/mol. The van der Waals surface area contributed by atoms with Gasteiger partial charge >= 0.3 is 0 Å². The van der Waals surface area contributed by atoms with Crippen molar-refractivity contribution in [2.45, 2.75) is 6.92 Å². The zero-order chi connectivity index (χ0) is 12.7. The van der Waals surface area contributed by atoms with Crippen LogP contribution in [0.4, 0.5) is 5.82 Å². The molecule has 6 heteroatoms. The van der Waals surface area contributed by atoms with E-state index >= 15 is 0 Å². The molecule has 2 aromatic rings. The van der Waals surface area contributed by atoms with Crippen LogP contribution in [0.1, 0.15) is 11.3 Å². The number of aryl methyl sites for hydroxylation is 1. The Kier molecular flexibility index (Phi) is 2.16. The van der Waals surface area contributed by atoms with E-state index in [-0.39, 0.29) is 11.4 Å². The Bertz CT molecular complexity index is 763. The van der Waals surface area contributed by atoms with Gasteiger partial charge in [0.15, 0.2) is 11.5 Å². The number of nitrogens with two attached hydrogens (primary N) is 1. The lowest BCUT2D eigenvalue weighted by Crippen LogP contribution is -2.16. The first-order chi connectivity index (χ1) is 8.65. The van der Waals surface area contributed by atoms with Gasteiger partial charge in [-0.2, -0.15) is 4.98 Å². The predicted octanol–water partition coefficient (Wildman–Crippen LogP) is 1.16. The third-order valence-electron chi connectivity index (χ3n) is 2.59.